The summed E-state index contributed by atoms with van der Waals surface area (Å²) in [5, 5.41) is 2.05. The van der Waals surface area contributed by atoms with Crippen LogP contribution in [0.5, 0.6) is 0 Å². The molecule has 176 valence electrons. The molecule has 7 heteroatoms. The molecule has 1 unspecified atom stereocenters. The Bertz CT molecular complexity index is 1320. The number of benzene rings is 2. The molecule has 2 aromatic carbocycles. The van der Waals surface area contributed by atoms with E-state index in [2.05, 4.69) is 45.3 Å². The summed E-state index contributed by atoms with van der Waals surface area (Å²) in [6, 6.07) is 14.8. The average Bonchev–Trinajstić information content (AvgIpc) is 3.48. The second-order valence-electron chi connectivity index (χ2n) is 9.52. The average molecular weight is 461 g/mol. The van der Waals surface area contributed by atoms with Crippen LogP contribution < -0.4 is 0 Å². The van der Waals surface area contributed by atoms with E-state index in [-0.39, 0.29) is 17.8 Å². The van der Waals surface area contributed by atoms with E-state index in [0.717, 1.165) is 38.0 Å². The van der Waals surface area contributed by atoms with Crippen LogP contribution in [0.3, 0.4) is 0 Å². The molecule has 2 fully saturated rings. The fourth-order valence-electron chi connectivity index (χ4n) is 5.55. The van der Waals surface area contributed by atoms with E-state index < -0.39 is 0 Å². The predicted octanol–water partition coefficient (Wildman–Crippen LogP) is 4.51. The standard InChI is InChI=1S/C27H29FN4O2/c28-20-5-6-24-19(13-20)14-26(30-24)27(33)32-11-12-34-21(17-32)16-31-9-7-18(8-10-31)23-15-29-25-4-2-1-3-22(23)25/h1-6,13-15,18,21,29-30H,7-12,16-17H2. The van der Waals surface area contributed by atoms with Crippen LogP contribution in [-0.4, -0.2) is 71.1 Å². The van der Waals surface area contributed by atoms with Crippen molar-refractivity contribution in [3.8, 4) is 0 Å². The summed E-state index contributed by atoms with van der Waals surface area (Å²) in [6.45, 7) is 4.59. The number of carbonyl (C=O) groups is 1. The molecular formula is C27H29FN4O2. The van der Waals surface area contributed by atoms with Crippen LogP contribution in [0, 0.1) is 5.82 Å². The molecule has 4 aromatic rings. The van der Waals surface area contributed by atoms with Crippen molar-refractivity contribution in [1.82, 2.24) is 19.8 Å². The molecule has 0 saturated carbocycles. The quantitative estimate of drug-likeness (QED) is 0.471. The van der Waals surface area contributed by atoms with Crippen molar-refractivity contribution < 1.29 is 13.9 Å². The number of nitrogens with one attached hydrogen (secondary N) is 2. The summed E-state index contributed by atoms with van der Waals surface area (Å²) in [5.74, 6) is 0.220. The van der Waals surface area contributed by atoms with Gasteiger partial charge in [-0.05, 0) is 67.7 Å². The van der Waals surface area contributed by atoms with E-state index in [1.165, 1.54) is 28.6 Å². The molecule has 6 rings (SSSR count). The van der Waals surface area contributed by atoms with Gasteiger partial charge >= 0.3 is 0 Å². The number of halogens is 1. The number of hydrogen-bond donors (Lipinski definition) is 2. The number of nitrogens with zero attached hydrogens (tertiary/aromatic N) is 2. The summed E-state index contributed by atoms with van der Waals surface area (Å²) >= 11 is 0. The number of aromatic nitrogens is 2. The van der Waals surface area contributed by atoms with Crippen molar-refractivity contribution in [2.24, 2.45) is 0 Å². The molecule has 2 N–H and O–H groups in total. The van der Waals surface area contributed by atoms with Crippen molar-refractivity contribution in [2.75, 3.05) is 39.3 Å². The Morgan fingerprint density at radius 2 is 1.91 bits per heavy atom. The van der Waals surface area contributed by atoms with Gasteiger partial charge in [-0.1, -0.05) is 18.2 Å². The highest BCUT2D eigenvalue weighted by molar-refractivity contribution is 5.98. The zero-order valence-corrected chi connectivity index (χ0v) is 19.1. The van der Waals surface area contributed by atoms with E-state index in [4.69, 9.17) is 4.74 Å². The molecular weight excluding hydrogens is 431 g/mol. The molecule has 1 amide bonds. The van der Waals surface area contributed by atoms with Crippen molar-refractivity contribution >= 4 is 27.7 Å². The van der Waals surface area contributed by atoms with Crippen molar-refractivity contribution in [3.05, 3.63) is 71.8 Å². The predicted molar refractivity (Wildman–Crippen MR) is 131 cm³/mol. The van der Waals surface area contributed by atoms with E-state index in [0.29, 0.717) is 36.7 Å². The number of aromatic amines is 2. The highest BCUT2D eigenvalue weighted by Gasteiger charge is 2.29. The SMILES string of the molecule is O=C(c1cc2cc(F)ccc2[nH]1)N1CCOC(CN2CCC(c3c[nH]c4ccccc34)CC2)C1. The van der Waals surface area contributed by atoms with E-state index >= 15 is 0 Å². The van der Waals surface area contributed by atoms with Crippen LogP contribution in [-0.2, 0) is 4.74 Å². The van der Waals surface area contributed by atoms with Crippen LogP contribution in [0.15, 0.2) is 54.7 Å². The lowest BCUT2D eigenvalue weighted by Crippen LogP contribution is -2.50. The maximum absolute atomic E-state index is 13.5. The molecule has 2 aliphatic rings. The van der Waals surface area contributed by atoms with Crippen LogP contribution >= 0.6 is 0 Å². The fourth-order valence-corrected chi connectivity index (χ4v) is 5.55. The summed E-state index contributed by atoms with van der Waals surface area (Å²) < 4.78 is 19.5. The molecule has 0 spiro atoms. The first kappa shape index (κ1) is 21.4. The second-order valence-corrected chi connectivity index (χ2v) is 9.52. The number of carbonyl (C=O) groups excluding carboxylic acids is 1. The third kappa shape index (κ3) is 4.10. The van der Waals surface area contributed by atoms with Gasteiger partial charge < -0.3 is 24.5 Å². The minimum atomic E-state index is -0.301. The maximum atomic E-state index is 13.5. The lowest BCUT2D eigenvalue weighted by molar-refractivity contribution is -0.0383. The Morgan fingerprint density at radius 3 is 2.79 bits per heavy atom. The molecule has 6 nitrogen and oxygen atoms in total. The van der Waals surface area contributed by atoms with Crippen LogP contribution in [0.25, 0.3) is 21.8 Å². The Kier molecular flexibility index (Phi) is 5.59. The van der Waals surface area contributed by atoms with Crippen molar-refractivity contribution in [1.29, 1.82) is 0 Å². The van der Waals surface area contributed by atoms with Gasteiger partial charge in [-0.3, -0.25) is 4.79 Å². The first-order valence-corrected chi connectivity index (χ1v) is 12.1. The van der Waals surface area contributed by atoms with Crippen LogP contribution in [0.4, 0.5) is 4.39 Å². The van der Waals surface area contributed by atoms with Gasteiger partial charge in [-0.15, -0.1) is 0 Å². The molecule has 0 radical (unpaired) electrons. The van der Waals surface area contributed by atoms with Gasteiger partial charge in [-0.2, -0.15) is 0 Å². The monoisotopic (exact) mass is 460 g/mol. The fraction of sp³-hybridized carbons (Fsp3) is 0.370. The first-order valence-electron chi connectivity index (χ1n) is 12.1. The normalized spacial score (nSPS) is 20.4. The van der Waals surface area contributed by atoms with E-state index in [1.54, 1.807) is 12.1 Å². The molecule has 1 atom stereocenters. The van der Waals surface area contributed by atoms with Gasteiger partial charge in [0.05, 0.1) is 12.7 Å². The third-order valence-electron chi connectivity index (χ3n) is 7.35. The molecule has 2 saturated heterocycles. The van der Waals surface area contributed by atoms with E-state index in [1.807, 2.05) is 4.90 Å². The molecule has 0 bridgehead atoms. The van der Waals surface area contributed by atoms with Gasteiger partial charge in [-0.25, -0.2) is 4.39 Å². The van der Waals surface area contributed by atoms with Gasteiger partial charge in [0, 0.05) is 47.6 Å². The zero-order chi connectivity index (χ0) is 23.1. The molecule has 4 heterocycles. The smallest absolute Gasteiger partial charge is 0.270 e. The number of likely N-dealkylation sites (tertiary alicyclic amines) is 1. The Hall–Kier alpha value is -3.16. The molecule has 0 aliphatic carbocycles. The Morgan fingerprint density at radius 1 is 1.06 bits per heavy atom. The van der Waals surface area contributed by atoms with Crippen LogP contribution in [0.1, 0.15) is 34.8 Å². The lowest BCUT2D eigenvalue weighted by atomic mass is 9.89. The molecule has 2 aromatic heterocycles. The second kappa shape index (κ2) is 8.89. The van der Waals surface area contributed by atoms with E-state index in [9.17, 15) is 9.18 Å². The van der Waals surface area contributed by atoms with Crippen LogP contribution in [0.2, 0.25) is 0 Å². The highest BCUT2D eigenvalue weighted by Crippen LogP contribution is 2.33. The van der Waals surface area contributed by atoms with Gasteiger partial charge in [0.2, 0.25) is 0 Å². The topological polar surface area (TPSA) is 64.4 Å². The van der Waals surface area contributed by atoms with Gasteiger partial charge in [0.25, 0.3) is 5.91 Å². The number of para-hydroxylation sites is 1. The number of piperidine rings is 1. The summed E-state index contributed by atoms with van der Waals surface area (Å²) in [5.41, 5.74) is 3.91. The summed E-state index contributed by atoms with van der Waals surface area (Å²) in [6.07, 6.45) is 4.44. The largest absolute Gasteiger partial charge is 0.373 e. The number of amides is 1. The highest BCUT2D eigenvalue weighted by atomic mass is 19.1. The summed E-state index contributed by atoms with van der Waals surface area (Å²) in [7, 11) is 0. The molecule has 2 aliphatic heterocycles. The summed E-state index contributed by atoms with van der Waals surface area (Å²) in [4.78, 5) is 24.0. The number of rotatable bonds is 4. The number of H-pyrrole nitrogens is 2. The number of ether oxygens (including phenoxy) is 1. The Balaban J connectivity index is 1.06. The van der Waals surface area contributed by atoms with Crippen molar-refractivity contribution in [3.63, 3.8) is 0 Å². The number of morpholine rings is 1. The third-order valence-corrected chi connectivity index (χ3v) is 7.35. The number of fused-ring (bicyclic) bond motifs is 2. The number of hydrogen-bond acceptors (Lipinski definition) is 3. The first-order chi connectivity index (χ1) is 16.6. The lowest BCUT2D eigenvalue weighted by Gasteiger charge is -2.38. The Labute approximate surface area is 197 Å². The maximum Gasteiger partial charge on any atom is 0.270 e. The van der Waals surface area contributed by atoms with Gasteiger partial charge in [0.1, 0.15) is 11.5 Å². The molecule has 34 heavy (non-hydrogen) atoms. The van der Waals surface area contributed by atoms with Crippen molar-refractivity contribution in [2.45, 2.75) is 24.9 Å². The van der Waals surface area contributed by atoms with Gasteiger partial charge in [0.15, 0.2) is 0 Å². The zero-order valence-electron chi connectivity index (χ0n) is 19.1. The minimum absolute atomic E-state index is 0.00385. The minimum Gasteiger partial charge on any atom is -0.373 e.